The molecule has 1 saturated carbocycles. The van der Waals surface area contributed by atoms with Crippen molar-refractivity contribution in [1.82, 2.24) is 20.1 Å². The summed E-state index contributed by atoms with van der Waals surface area (Å²) >= 11 is 1.40. The summed E-state index contributed by atoms with van der Waals surface area (Å²) in [6.45, 7) is 10.1. The molecular formula is C23H30N6OS. The van der Waals surface area contributed by atoms with E-state index >= 15 is 0 Å². The maximum atomic E-state index is 12.9. The molecule has 0 radical (unpaired) electrons. The molecule has 31 heavy (non-hydrogen) atoms. The molecule has 7 nitrogen and oxygen atoms in total. The predicted octanol–water partition coefficient (Wildman–Crippen LogP) is 3.01. The first-order chi connectivity index (χ1) is 15.0. The van der Waals surface area contributed by atoms with Crippen LogP contribution in [0.2, 0.25) is 0 Å². The van der Waals surface area contributed by atoms with Crippen molar-refractivity contribution in [3.05, 3.63) is 39.1 Å². The summed E-state index contributed by atoms with van der Waals surface area (Å²) < 4.78 is 0. The Balaban J connectivity index is 1.34. The number of nitrogens with zero attached hydrogens (tertiary/aromatic N) is 5. The summed E-state index contributed by atoms with van der Waals surface area (Å²) in [5.41, 5.74) is 6.19. The zero-order valence-corrected chi connectivity index (χ0v) is 19.3. The maximum Gasteiger partial charge on any atom is 0.267 e. The number of nitrogens with one attached hydrogen (secondary N) is 1. The van der Waals surface area contributed by atoms with E-state index in [-0.39, 0.29) is 5.91 Å². The topological polar surface area (TPSA) is 73.2 Å². The lowest BCUT2D eigenvalue weighted by atomic mass is 9.91. The first-order valence-electron chi connectivity index (χ1n) is 11.3. The highest BCUT2D eigenvalue weighted by Crippen LogP contribution is 2.32. The van der Waals surface area contributed by atoms with Gasteiger partial charge in [-0.15, -0.1) is 11.3 Å². The molecule has 1 aromatic heterocycles. The van der Waals surface area contributed by atoms with E-state index in [1.807, 2.05) is 13.1 Å². The van der Waals surface area contributed by atoms with Gasteiger partial charge in [0.2, 0.25) is 0 Å². The van der Waals surface area contributed by atoms with Crippen molar-refractivity contribution in [2.75, 3.05) is 26.2 Å². The van der Waals surface area contributed by atoms with Gasteiger partial charge in [-0.25, -0.2) is 4.98 Å². The van der Waals surface area contributed by atoms with Gasteiger partial charge >= 0.3 is 0 Å². The molecule has 4 aliphatic rings. The van der Waals surface area contributed by atoms with E-state index < -0.39 is 0 Å². The van der Waals surface area contributed by atoms with Gasteiger partial charge in [-0.1, -0.05) is 19.4 Å². The summed E-state index contributed by atoms with van der Waals surface area (Å²) in [6, 6.07) is 0.873. The Morgan fingerprint density at radius 2 is 1.94 bits per heavy atom. The van der Waals surface area contributed by atoms with Crippen LogP contribution in [0.1, 0.15) is 48.5 Å². The zero-order valence-electron chi connectivity index (χ0n) is 18.5. The molecule has 1 saturated heterocycles. The average Bonchev–Trinajstić information content (AvgIpc) is 3.43. The fourth-order valence-corrected chi connectivity index (χ4v) is 5.18. The van der Waals surface area contributed by atoms with Crippen molar-refractivity contribution in [3.63, 3.8) is 0 Å². The molecule has 1 aromatic rings. The van der Waals surface area contributed by atoms with E-state index in [2.05, 4.69) is 45.0 Å². The smallest absolute Gasteiger partial charge is 0.267 e. The van der Waals surface area contributed by atoms with Crippen LogP contribution in [0.25, 0.3) is 0 Å². The quantitative estimate of drug-likeness (QED) is 0.784. The molecule has 2 atom stereocenters. The van der Waals surface area contributed by atoms with Gasteiger partial charge in [-0.2, -0.15) is 0 Å². The SMILES string of the molecule is Cc1ncsc1C(=O)NC1=C(N2CCN(C3=NC4CC4N=C3)CC2)C=C(C(C)C)CC1. The number of piperazine rings is 1. The van der Waals surface area contributed by atoms with Crippen LogP contribution >= 0.6 is 11.3 Å². The van der Waals surface area contributed by atoms with Crippen molar-refractivity contribution >= 4 is 29.3 Å². The number of allylic oxidation sites excluding steroid dienone is 3. The monoisotopic (exact) mass is 438 g/mol. The first kappa shape index (κ1) is 20.4. The number of aryl methyl sites for hydroxylation is 1. The third-order valence-electron chi connectivity index (χ3n) is 6.60. The lowest BCUT2D eigenvalue weighted by Gasteiger charge is -2.39. The average molecular weight is 439 g/mol. The molecule has 2 aliphatic heterocycles. The van der Waals surface area contributed by atoms with Crippen LogP contribution in [0.3, 0.4) is 0 Å². The molecule has 8 heteroatoms. The standard InChI is InChI=1S/C23H30N6OS/c1-14(2)16-4-5-17(27-23(30)22-15(3)25-13-31-22)20(10-16)28-6-8-29(9-7-28)21-12-24-18-11-19(18)26-21/h10,12-14,18-19H,4-9,11H2,1-3H3,(H,27,30). The Morgan fingerprint density at radius 1 is 1.16 bits per heavy atom. The van der Waals surface area contributed by atoms with Crippen LogP contribution in [0, 0.1) is 12.8 Å². The molecule has 2 aliphatic carbocycles. The van der Waals surface area contributed by atoms with E-state index in [4.69, 9.17) is 4.99 Å². The second kappa shape index (κ2) is 8.22. The van der Waals surface area contributed by atoms with Gasteiger partial charge < -0.3 is 15.1 Å². The number of hydrogen-bond donors (Lipinski definition) is 1. The number of aromatic nitrogens is 1. The Labute approximate surface area is 187 Å². The van der Waals surface area contributed by atoms with Crippen molar-refractivity contribution in [1.29, 1.82) is 0 Å². The second-order valence-corrected chi connectivity index (χ2v) is 9.92. The van der Waals surface area contributed by atoms with E-state index in [0.717, 1.165) is 62.7 Å². The third-order valence-corrected chi connectivity index (χ3v) is 7.53. The highest BCUT2D eigenvalue weighted by molar-refractivity contribution is 7.11. The minimum atomic E-state index is -0.0423. The van der Waals surface area contributed by atoms with Crippen LogP contribution in [-0.2, 0) is 0 Å². The molecule has 164 valence electrons. The normalized spacial score (nSPS) is 25.4. The molecule has 0 bridgehead atoms. The van der Waals surface area contributed by atoms with Gasteiger partial charge in [0.15, 0.2) is 0 Å². The van der Waals surface area contributed by atoms with Crippen molar-refractivity contribution in [3.8, 4) is 0 Å². The number of rotatable bonds is 4. The van der Waals surface area contributed by atoms with Crippen molar-refractivity contribution in [2.45, 2.75) is 52.1 Å². The van der Waals surface area contributed by atoms with Crippen LogP contribution in [-0.4, -0.2) is 71.0 Å². The highest BCUT2D eigenvalue weighted by Gasteiger charge is 2.39. The number of thiazole rings is 1. The third kappa shape index (κ3) is 4.18. The van der Waals surface area contributed by atoms with E-state index in [9.17, 15) is 4.79 Å². The first-order valence-corrected chi connectivity index (χ1v) is 12.1. The van der Waals surface area contributed by atoms with Crippen LogP contribution < -0.4 is 5.32 Å². The van der Waals surface area contributed by atoms with Gasteiger partial charge in [0, 0.05) is 31.9 Å². The second-order valence-electron chi connectivity index (χ2n) is 9.07. The number of hydrogen-bond acceptors (Lipinski definition) is 7. The lowest BCUT2D eigenvalue weighted by Crippen LogP contribution is -2.49. The number of carbonyl (C=O) groups is 1. The van der Waals surface area contributed by atoms with Crippen LogP contribution in [0.15, 0.2) is 38.5 Å². The number of fused-ring (bicyclic) bond motifs is 1. The number of aliphatic imine (C=N–C) groups is 2. The molecule has 0 spiro atoms. The van der Waals surface area contributed by atoms with Gasteiger partial charge in [0.05, 0.1) is 35.2 Å². The Morgan fingerprint density at radius 3 is 2.61 bits per heavy atom. The Hall–Kier alpha value is -2.48. The fraction of sp³-hybridized carbons (Fsp3) is 0.565. The predicted molar refractivity (Wildman–Crippen MR) is 125 cm³/mol. The van der Waals surface area contributed by atoms with E-state index in [0.29, 0.717) is 22.9 Å². The molecule has 1 N–H and O–H groups in total. The number of amides is 1. The highest BCUT2D eigenvalue weighted by atomic mass is 32.1. The summed E-state index contributed by atoms with van der Waals surface area (Å²) in [5.74, 6) is 1.51. The Kier molecular flexibility index (Phi) is 5.42. The molecule has 2 unspecified atom stereocenters. The van der Waals surface area contributed by atoms with Crippen molar-refractivity contribution < 1.29 is 4.79 Å². The molecule has 0 aromatic carbocycles. The van der Waals surface area contributed by atoms with Gasteiger partial charge in [0.25, 0.3) is 5.91 Å². The summed E-state index contributed by atoms with van der Waals surface area (Å²) in [5, 5.41) is 3.22. The minimum Gasteiger partial charge on any atom is -0.367 e. The summed E-state index contributed by atoms with van der Waals surface area (Å²) in [7, 11) is 0. The van der Waals surface area contributed by atoms with E-state index in [1.165, 1.54) is 22.6 Å². The molecule has 5 rings (SSSR count). The maximum absolute atomic E-state index is 12.9. The number of carbonyl (C=O) groups excluding carboxylic acids is 1. The summed E-state index contributed by atoms with van der Waals surface area (Å²) in [4.78, 5) is 32.0. The summed E-state index contributed by atoms with van der Waals surface area (Å²) in [6.07, 6.45) is 7.24. The van der Waals surface area contributed by atoms with E-state index in [1.54, 1.807) is 5.51 Å². The van der Waals surface area contributed by atoms with Crippen LogP contribution in [0.5, 0.6) is 0 Å². The van der Waals surface area contributed by atoms with Crippen LogP contribution in [0.4, 0.5) is 0 Å². The zero-order chi connectivity index (χ0) is 21.5. The molecular weight excluding hydrogens is 408 g/mol. The minimum absolute atomic E-state index is 0.0423. The van der Waals surface area contributed by atoms with Gasteiger partial charge in [-0.3, -0.25) is 14.8 Å². The Bertz CT molecular complexity index is 995. The van der Waals surface area contributed by atoms with Crippen molar-refractivity contribution in [2.24, 2.45) is 15.9 Å². The lowest BCUT2D eigenvalue weighted by molar-refractivity contribution is 0.0965. The molecule has 1 amide bonds. The number of amidine groups is 1. The largest absolute Gasteiger partial charge is 0.367 e. The molecule has 3 heterocycles. The fourth-order valence-electron chi connectivity index (χ4n) is 4.48. The molecule has 2 fully saturated rings. The van der Waals surface area contributed by atoms with Gasteiger partial charge in [0.1, 0.15) is 10.7 Å². The van der Waals surface area contributed by atoms with Gasteiger partial charge in [-0.05, 0) is 38.2 Å².